The van der Waals surface area contributed by atoms with Gasteiger partial charge in [-0.05, 0) is 92.3 Å². The van der Waals surface area contributed by atoms with Crippen LogP contribution in [0.1, 0.15) is 0 Å². The third kappa shape index (κ3) is 5.12. The van der Waals surface area contributed by atoms with Crippen LogP contribution in [0.4, 0.5) is 17.1 Å². The van der Waals surface area contributed by atoms with Crippen LogP contribution in [-0.2, 0) is 0 Å². The Morgan fingerprint density at radius 2 is 0.923 bits per heavy atom. The molecule has 10 aromatic rings. The van der Waals surface area contributed by atoms with E-state index in [9.17, 15) is 0 Å². The van der Waals surface area contributed by atoms with Gasteiger partial charge in [0.25, 0.3) is 0 Å². The Kier molecular flexibility index (Phi) is 7.18. The number of furan rings is 1. The summed E-state index contributed by atoms with van der Waals surface area (Å²) < 4.78 is 6.40. The van der Waals surface area contributed by atoms with Crippen LogP contribution in [0.25, 0.3) is 76.9 Å². The van der Waals surface area contributed by atoms with Crippen molar-refractivity contribution in [2.45, 2.75) is 0 Å². The summed E-state index contributed by atoms with van der Waals surface area (Å²) in [4.78, 5) is 2.37. The molecule has 0 saturated carbocycles. The normalized spacial score (nSPS) is 11.5. The van der Waals surface area contributed by atoms with Crippen molar-refractivity contribution in [1.82, 2.24) is 0 Å². The van der Waals surface area contributed by atoms with Crippen molar-refractivity contribution in [3.8, 4) is 33.4 Å². The number of rotatable bonds is 6. The van der Waals surface area contributed by atoms with Crippen LogP contribution in [0.2, 0.25) is 0 Å². The molecule has 0 amide bonds. The molecule has 1 aromatic heterocycles. The molecule has 0 aliphatic carbocycles. The lowest BCUT2D eigenvalue weighted by molar-refractivity contribution is 0.670. The highest BCUT2D eigenvalue weighted by atomic mass is 16.3. The Hall–Kier alpha value is -6.90. The van der Waals surface area contributed by atoms with E-state index in [4.69, 9.17) is 4.42 Å². The summed E-state index contributed by atoms with van der Waals surface area (Å²) in [6, 6.07) is 71.7. The van der Waals surface area contributed by atoms with E-state index in [-0.39, 0.29) is 0 Å². The molecule has 9 aromatic carbocycles. The van der Waals surface area contributed by atoms with Crippen molar-refractivity contribution < 1.29 is 4.42 Å². The molecule has 10 rings (SSSR count). The van der Waals surface area contributed by atoms with Crippen molar-refractivity contribution in [3.05, 3.63) is 200 Å². The average molecular weight is 664 g/mol. The van der Waals surface area contributed by atoms with Crippen molar-refractivity contribution in [3.63, 3.8) is 0 Å². The maximum absolute atomic E-state index is 6.40. The van der Waals surface area contributed by atoms with E-state index >= 15 is 0 Å². The minimum absolute atomic E-state index is 0.908. The van der Waals surface area contributed by atoms with Crippen LogP contribution in [0.5, 0.6) is 0 Å². The van der Waals surface area contributed by atoms with Gasteiger partial charge in [-0.3, -0.25) is 0 Å². The monoisotopic (exact) mass is 663 g/mol. The van der Waals surface area contributed by atoms with Crippen molar-refractivity contribution >= 4 is 60.5 Å². The van der Waals surface area contributed by atoms with Gasteiger partial charge in [-0.15, -0.1) is 0 Å². The van der Waals surface area contributed by atoms with Gasteiger partial charge in [-0.2, -0.15) is 0 Å². The molecule has 0 aliphatic heterocycles. The lowest BCUT2D eigenvalue weighted by Crippen LogP contribution is -2.11. The topological polar surface area (TPSA) is 16.4 Å². The van der Waals surface area contributed by atoms with E-state index in [0.29, 0.717) is 0 Å². The largest absolute Gasteiger partial charge is 0.455 e. The molecular formula is C50H33NO. The fourth-order valence-electron chi connectivity index (χ4n) is 7.72. The molecule has 0 aliphatic rings. The Morgan fingerprint density at radius 3 is 1.77 bits per heavy atom. The lowest BCUT2D eigenvalue weighted by Gasteiger charge is -2.28. The van der Waals surface area contributed by atoms with Gasteiger partial charge < -0.3 is 9.32 Å². The minimum atomic E-state index is 0.908. The molecule has 0 radical (unpaired) electrons. The first-order valence-corrected chi connectivity index (χ1v) is 17.8. The quantitative estimate of drug-likeness (QED) is 0.165. The number of anilines is 3. The van der Waals surface area contributed by atoms with E-state index in [1.165, 1.54) is 38.2 Å². The summed E-state index contributed by atoms with van der Waals surface area (Å²) in [5, 5.41) is 7.34. The molecule has 2 heteroatoms. The molecule has 0 spiro atoms. The second-order valence-electron chi connectivity index (χ2n) is 13.3. The molecule has 244 valence electrons. The van der Waals surface area contributed by atoms with Gasteiger partial charge in [-0.25, -0.2) is 0 Å². The van der Waals surface area contributed by atoms with Gasteiger partial charge in [0.05, 0.1) is 5.69 Å². The molecule has 2 nitrogen and oxygen atoms in total. The molecule has 0 atom stereocenters. The van der Waals surface area contributed by atoms with Crippen LogP contribution in [0, 0.1) is 0 Å². The predicted octanol–water partition coefficient (Wildman–Crippen LogP) is 14.4. The van der Waals surface area contributed by atoms with Gasteiger partial charge in [0.1, 0.15) is 11.2 Å². The Labute approximate surface area is 302 Å². The highest BCUT2D eigenvalue weighted by Gasteiger charge is 2.19. The van der Waals surface area contributed by atoms with Gasteiger partial charge in [0, 0.05) is 33.3 Å². The zero-order valence-electron chi connectivity index (χ0n) is 28.4. The smallest absolute Gasteiger partial charge is 0.143 e. The van der Waals surface area contributed by atoms with Crippen molar-refractivity contribution in [2.24, 2.45) is 0 Å². The van der Waals surface area contributed by atoms with Crippen LogP contribution < -0.4 is 4.90 Å². The molecule has 52 heavy (non-hydrogen) atoms. The minimum Gasteiger partial charge on any atom is -0.455 e. The maximum atomic E-state index is 6.40. The van der Waals surface area contributed by atoms with Gasteiger partial charge >= 0.3 is 0 Å². The first-order valence-electron chi connectivity index (χ1n) is 17.8. The summed E-state index contributed by atoms with van der Waals surface area (Å²) in [6.07, 6.45) is 0. The Bertz CT molecular complexity index is 2890. The summed E-state index contributed by atoms with van der Waals surface area (Å²) in [7, 11) is 0. The fourth-order valence-corrected chi connectivity index (χ4v) is 7.72. The molecule has 0 unspecified atom stereocenters. The fraction of sp³-hybridized carbons (Fsp3) is 0. The lowest BCUT2D eigenvalue weighted by atomic mass is 9.94. The van der Waals surface area contributed by atoms with Crippen molar-refractivity contribution in [1.29, 1.82) is 0 Å². The number of nitrogens with zero attached hydrogens (tertiary/aromatic N) is 1. The number of hydrogen-bond donors (Lipinski definition) is 0. The van der Waals surface area contributed by atoms with Crippen LogP contribution in [0.3, 0.4) is 0 Å². The van der Waals surface area contributed by atoms with Crippen LogP contribution in [0.15, 0.2) is 205 Å². The first-order chi connectivity index (χ1) is 25.8. The van der Waals surface area contributed by atoms with E-state index in [1.807, 2.05) is 12.1 Å². The number of hydrogen-bond acceptors (Lipinski definition) is 2. The Balaban J connectivity index is 1.11. The Morgan fingerprint density at radius 1 is 0.327 bits per heavy atom. The van der Waals surface area contributed by atoms with Gasteiger partial charge in [0.2, 0.25) is 0 Å². The zero-order chi connectivity index (χ0) is 34.4. The van der Waals surface area contributed by atoms with Gasteiger partial charge in [-0.1, -0.05) is 152 Å². The predicted molar refractivity (Wildman–Crippen MR) is 220 cm³/mol. The summed E-state index contributed by atoms with van der Waals surface area (Å²) in [6.45, 7) is 0. The van der Waals surface area contributed by atoms with E-state index < -0.39 is 0 Å². The molecular weight excluding hydrogens is 631 g/mol. The molecule has 0 N–H and O–H groups in total. The number of para-hydroxylation sites is 3. The highest BCUT2D eigenvalue weighted by Crippen LogP contribution is 2.44. The third-order valence-electron chi connectivity index (χ3n) is 10.3. The maximum Gasteiger partial charge on any atom is 0.143 e. The molecule has 0 saturated heterocycles. The number of benzene rings is 9. The summed E-state index contributed by atoms with van der Waals surface area (Å²) in [5.41, 5.74) is 12.0. The highest BCUT2D eigenvalue weighted by molar-refractivity contribution is 6.10. The summed E-state index contributed by atoms with van der Waals surface area (Å²) in [5.74, 6) is 0. The average Bonchev–Trinajstić information content (AvgIpc) is 3.61. The second kappa shape index (κ2) is 12.5. The van der Waals surface area contributed by atoms with E-state index in [2.05, 4.69) is 193 Å². The molecule has 0 bridgehead atoms. The SMILES string of the molecule is c1ccc(-c2cc(-c3ccc4c(ccc5ccccc54)c3)ccc2N(c2ccccc2)c2ccc(-c3cccc4c3oc3ccccc34)cc2)cc1. The zero-order valence-corrected chi connectivity index (χ0v) is 28.4. The summed E-state index contributed by atoms with van der Waals surface area (Å²) >= 11 is 0. The van der Waals surface area contributed by atoms with Crippen LogP contribution in [-0.4, -0.2) is 0 Å². The molecule has 0 fully saturated rings. The van der Waals surface area contributed by atoms with E-state index in [0.717, 1.165) is 55.7 Å². The number of fused-ring (bicyclic) bond motifs is 6. The standard InChI is InChI=1S/C50H33NO/c1-3-12-34(13-4-1)47-33-38(37-26-30-43-39(32-37)23-22-35-14-7-8-17-42(35)43)27-31-48(47)51(40-15-5-2-6-16-40)41-28-24-36(25-29-41)44-19-11-20-46-45-18-9-10-21-49(45)52-50(44)46/h1-33H. The van der Waals surface area contributed by atoms with Crippen molar-refractivity contribution in [2.75, 3.05) is 4.90 Å². The second-order valence-corrected chi connectivity index (χ2v) is 13.3. The van der Waals surface area contributed by atoms with Gasteiger partial charge in [0.15, 0.2) is 0 Å². The first kappa shape index (κ1) is 30.0. The third-order valence-corrected chi connectivity index (χ3v) is 10.3. The van der Waals surface area contributed by atoms with Crippen LogP contribution >= 0.6 is 0 Å². The van der Waals surface area contributed by atoms with E-state index in [1.54, 1.807) is 0 Å². The molecule has 1 heterocycles.